The first-order valence-corrected chi connectivity index (χ1v) is 7.62. The third-order valence-corrected chi connectivity index (χ3v) is 4.31. The maximum atomic E-state index is 12.3. The number of carbonyl (C=O) groups is 1. The molecule has 0 atom stereocenters. The first kappa shape index (κ1) is 14.0. The van der Waals surface area contributed by atoms with Gasteiger partial charge in [0.15, 0.2) is 5.78 Å². The fourth-order valence-corrected chi connectivity index (χ4v) is 3.03. The van der Waals surface area contributed by atoms with Crippen LogP contribution in [-0.4, -0.2) is 23.8 Å². The maximum absolute atomic E-state index is 12.3. The molecule has 0 fully saturated rings. The molecule has 3 rings (SSSR count). The molecule has 0 bridgehead atoms. The third-order valence-electron chi connectivity index (χ3n) is 4.31. The quantitative estimate of drug-likeness (QED) is 0.797. The molecule has 0 spiro atoms. The number of ketones is 1. The maximum Gasteiger partial charge on any atom is 0.164 e. The summed E-state index contributed by atoms with van der Waals surface area (Å²) in [5, 5.41) is 0. The lowest BCUT2D eigenvalue weighted by Crippen LogP contribution is -2.32. The Morgan fingerprint density at radius 1 is 1.05 bits per heavy atom. The SMILES string of the molecule is Cc1ccccc1C(=O)CCN1CCc2ccccc2C1. The van der Waals surface area contributed by atoms with Gasteiger partial charge in [0, 0.05) is 31.6 Å². The third kappa shape index (κ3) is 3.22. The van der Waals surface area contributed by atoms with Gasteiger partial charge in [0.25, 0.3) is 0 Å². The van der Waals surface area contributed by atoms with Gasteiger partial charge in [-0.2, -0.15) is 0 Å². The number of hydrogen-bond donors (Lipinski definition) is 0. The average molecular weight is 279 g/mol. The van der Waals surface area contributed by atoms with Crippen LogP contribution >= 0.6 is 0 Å². The van der Waals surface area contributed by atoms with Crippen LogP contribution in [0.2, 0.25) is 0 Å². The molecule has 2 aromatic rings. The minimum absolute atomic E-state index is 0.256. The average Bonchev–Trinajstić information content (AvgIpc) is 2.53. The molecule has 0 saturated heterocycles. The Labute approximate surface area is 126 Å². The molecular weight excluding hydrogens is 258 g/mol. The van der Waals surface area contributed by atoms with Crippen LogP contribution in [0.15, 0.2) is 48.5 Å². The van der Waals surface area contributed by atoms with Crippen LogP contribution in [0.5, 0.6) is 0 Å². The summed E-state index contributed by atoms with van der Waals surface area (Å²) < 4.78 is 0. The monoisotopic (exact) mass is 279 g/mol. The number of nitrogens with zero attached hydrogens (tertiary/aromatic N) is 1. The number of fused-ring (bicyclic) bond motifs is 1. The zero-order chi connectivity index (χ0) is 14.7. The Kier molecular flexibility index (Phi) is 4.16. The van der Waals surface area contributed by atoms with E-state index in [4.69, 9.17) is 0 Å². The van der Waals surface area contributed by atoms with Gasteiger partial charge in [-0.3, -0.25) is 9.69 Å². The second-order valence-electron chi connectivity index (χ2n) is 5.78. The summed E-state index contributed by atoms with van der Waals surface area (Å²) in [6, 6.07) is 16.5. The molecule has 0 saturated carbocycles. The second kappa shape index (κ2) is 6.23. The Morgan fingerprint density at radius 2 is 1.76 bits per heavy atom. The summed E-state index contributed by atoms with van der Waals surface area (Å²) in [5.41, 5.74) is 4.81. The van der Waals surface area contributed by atoms with Crippen molar-refractivity contribution < 1.29 is 4.79 Å². The summed E-state index contributed by atoms with van der Waals surface area (Å²) >= 11 is 0. The van der Waals surface area contributed by atoms with Gasteiger partial charge < -0.3 is 0 Å². The Morgan fingerprint density at radius 3 is 2.57 bits per heavy atom. The molecule has 2 aromatic carbocycles. The van der Waals surface area contributed by atoms with Crippen LogP contribution in [0.25, 0.3) is 0 Å². The molecule has 21 heavy (non-hydrogen) atoms. The van der Waals surface area contributed by atoms with E-state index < -0.39 is 0 Å². The summed E-state index contributed by atoms with van der Waals surface area (Å²) in [6.45, 7) is 4.88. The van der Waals surface area contributed by atoms with Crippen LogP contribution in [-0.2, 0) is 13.0 Å². The second-order valence-corrected chi connectivity index (χ2v) is 5.78. The molecule has 0 aliphatic carbocycles. The zero-order valence-electron chi connectivity index (χ0n) is 12.5. The number of hydrogen-bond acceptors (Lipinski definition) is 2. The lowest BCUT2D eigenvalue weighted by molar-refractivity contribution is 0.0960. The van der Waals surface area contributed by atoms with E-state index in [1.807, 2.05) is 31.2 Å². The fraction of sp³-hybridized carbons (Fsp3) is 0.316. The smallest absolute Gasteiger partial charge is 0.164 e. The van der Waals surface area contributed by atoms with E-state index in [0.717, 1.165) is 37.2 Å². The van der Waals surface area contributed by atoms with Crippen molar-refractivity contribution in [1.82, 2.24) is 4.90 Å². The normalized spacial score (nSPS) is 14.7. The van der Waals surface area contributed by atoms with Gasteiger partial charge in [0.2, 0.25) is 0 Å². The first-order chi connectivity index (χ1) is 10.2. The molecule has 0 aromatic heterocycles. The molecular formula is C19H21NO. The standard InChI is InChI=1S/C19H21NO/c1-15-6-2-5-9-18(15)19(21)11-13-20-12-10-16-7-3-4-8-17(16)14-20/h2-9H,10-14H2,1H3. The van der Waals surface area contributed by atoms with E-state index in [2.05, 4.69) is 29.2 Å². The summed E-state index contributed by atoms with van der Waals surface area (Å²) in [7, 11) is 0. The highest BCUT2D eigenvalue weighted by molar-refractivity contribution is 5.97. The van der Waals surface area contributed by atoms with Crippen LogP contribution in [0.4, 0.5) is 0 Å². The lowest BCUT2D eigenvalue weighted by atomic mass is 9.99. The van der Waals surface area contributed by atoms with Crippen LogP contribution in [0.1, 0.15) is 33.5 Å². The highest BCUT2D eigenvalue weighted by atomic mass is 16.1. The van der Waals surface area contributed by atoms with Crippen LogP contribution in [0, 0.1) is 6.92 Å². The van der Waals surface area contributed by atoms with Crippen molar-refractivity contribution >= 4 is 5.78 Å². The molecule has 1 aliphatic rings. The van der Waals surface area contributed by atoms with Gasteiger partial charge in [-0.1, -0.05) is 48.5 Å². The first-order valence-electron chi connectivity index (χ1n) is 7.62. The van der Waals surface area contributed by atoms with Crippen molar-refractivity contribution in [2.75, 3.05) is 13.1 Å². The molecule has 2 nitrogen and oxygen atoms in total. The summed E-state index contributed by atoms with van der Waals surface area (Å²) in [5.74, 6) is 0.256. The highest BCUT2D eigenvalue weighted by Crippen LogP contribution is 2.19. The van der Waals surface area contributed by atoms with Crippen molar-refractivity contribution in [3.8, 4) is 0 Å². The lowest BCUT2D eigenvalue weighted by Gasteiger charge is -2.28. The van der Waals surface area contributed by atoms with Gasteiger partial charge in [-0.15, -0.1) is 0 Å². The van der Waals surface area contributed by atoms with Crippen molar-refractivity contribution in [2.45, 2.75) is 26.3 Å². The van der Waals surface area contributed by atoms with Crippen molar-refractivity contribution in [3.05, 3.63) is 70.8 Å². The topological polar surface area (TPSA) is 20.3 Å². The molecule has 1 aliphatic heterocycles. The van der Waals surface area contributed by atoms with E-state index in [0.29, 0.717) is 6.42 Å². The van der Waals surface area contributed by atoms with Gasteiger partial charge >= 0.3 is 0 Å². The fourth-order valence-electron chi connectivity index (χ4n) is 3.03. The molecule has 1 heterocycles. The molecule has 0 unspecified atom stereocenters. The van der Waals surface area contributed by atoms with E-state index in [1.54, 1.807) is 0 Å². The van der Waals surface area contributed by atoms with Gasteiger partial charge in [-0.05, 0) is 30.0 Å². The van der Waals surface area contributed by atoms with Gasteiger partial charge in [0.1, 0.15) is 0 Å². The number of carbonyl (C=O) groups excluding carboxylic acids is 1. The molecule has 108 valence electrons. The predicted molar refractivity (Wildman–Crippen MR) is 85.5 cm³/mol. The van der Waals surface area contributed by atoms with Crippen LogP contribution in [0.3, 0.4) is 0 Å². The Bertz CT molecular complexity index is 648. The number of benzene rings is 2. The summed E-state index contributed by atoms with van der Waals surface area (Å²) in [4.78, 5) is 14.7. The predicted octanol–water partition coefficient (Wildman–Crippen LogP) is 3.63. The van der Waals surface area contributed by atoms with E-state index in [1.165, 1.54) is 11.1 Å². The minimum Gasteiger partial charge on any atom is -0.298 e. The largest absolute Gasteiger partial charge is 0.298 e. The Balaban J connectivity index is 1.59. The number of Topliss-reactive ketones (excluding diaryl/α,β-unsaturated/α-hetero) is 1. The minimum atomic E-state index is 0.256. The molecule has 0 N–H and O–H groups in total. The van der Waals surface area contributed by atoms with E-state index in [9.17, 15) is 4.79 Å². The Hall–Kier alpha value is -1.93. The van der Waals surface area contributed by atoms with E-state index in [-0.39, 0.29) is 5.78 Å². The van der Waals surface area contributed by atoms with Crippen molar-refractivity contribution in [3.63, 3.8) is 0 Å². The molecule has 0 radical (unpaired) electrons. The molecule has 2 heteroatoms. The number of aryl methyl sites for hydroxylation is 1. The van der Waals surface area contributed by atoms with Gasteiger partial charge in [0.05, 0.1) is 0 Å². The number of rotatable bonds is 4. The highest BCUT2D eigenvalue weighted by Gasteiger charge is 2.17. The van der Waals surface area contributed by atoms with Crippen molar-refractivity contribution in [2.24, 2.45) is 0 Å². The van der Waals surface area contributed by atoms with Gasteiger partial charge in [-0.25, -0.2) is 0 Å². The van der Waals surface area contributed by atoms with E-state index >= 15 is 0 Å². The summed E-state index contributed by atoms with van der Waals surface area (Å²) in [6.07, 6.45) is 1.70. The zero-order valence-corrected chi connectivity index (χ0v) is 12.5. The molecule has 0 amide bonds. The van der Waals surface area contributed by atoms with Crippen molar-refractivity contribution in [1.29, 1.82) is 0 Å². The van der Waals surface area contributed by atoms with Crippen LogP contribution < -0.4 is 0 Å².